The van der Waals surface area contributed by atoms with Crippen LogP contribution < -0.4 is 5.32 Å². The van der Waals surface area contributed by atoms with Gasteiger partial charge in [0.15, 0.2) is 0 Å². The molecule has 3 heterocycles. The van der Waals surface area contributed by atoms with Crippen LogP contribution in [0.1, 0.15) is 134 Å². The van der Waals surface area contributed by atoms with Gasteiger partial charge in [0.25, 0.3) is 0 Å². The van der Waals surface area contributed by atoms with Gasteiger partial charge in [0.2, 0.25) is 0 Å². The molecule has 2 saturated carbocycles. The summed E-state index contributed by atoms with van der Waals surface area (Å²) < 4.78 is 17.4. The fraction of sp³-hybridized carbons (Fsp3) is 1.00. The summed E-state index contributed by atoms with van der Waals surface area (Å²) in [6, 6.07) is 0. The summed E-state index contributed by atoms with van der Waals surface area (Å²) in [6.07, 6.45) is 13.9. The largest absolute Gasteiger partial charge is 0.389 e. The third kappa shape index (κ3) is 16.9. The molecule has 0 aromatic carbocycles. The summed E-state index contributed by atoms with van der Waals surface area (Å²) in [4.78, 5) is 2.40. The number of rotatable bonds is 10. The molecule has 0 aromatic heterocycles. The van der Waals surface area contributed by atoms with Crippen LogP contribution >= 0.6 is 0 Å². The summed E-state index contributed by atoms with van der Waals surface area (Å²) in [5.74, 6) is 6.28. The van der Waals surface area contributed by atoms with E-state index in [0.29, 0.717) is 36.8 Å². The summed E-state index contributed by atoms with van der Waals surface area (Å²) in [5, 5.41) is 13.6. The van der Waals surface area contributed by atoms with E-state index in [0.717, 1.165) is 74.8 Å². The predicted molar refractivity (Wildman–Crippen MR) is 197 cm³/mol. The van der Waals surface area contributed by atoms with Crippen LogP contribution in [0.25, 0.3) is 0 Å². The second-order valence-corrected chi connectivity index (χ2v) is 16.4. The molecule has 2 aliphatic carbocycles. The molecular weight excluding hydrogens is 572 g/mol. The Kier molecular flexibility index (Phi) is 22.1. The van der Waals surface area contributed by atoms with E-state index >= 15 is 0 Å². The van der Waals surface area contributed by atoms with Crippen molar-refractivity contribution in [1.82, 2.24) is 10.2 Å². The van der Waals surface area contributed by atoms with E-state index in [-0.39, 0.29) is 21.0 Å². The Balaban J connectivity index is 0.000000380. The topological polar surface area (TPSA) is 66.5 Å². The number of aliphatic hydroxyl groups excluding tert-OH is 1. The monoisotopic (exact) mass is 655 g/mol. The Labute approximate surface area is 287 Å². The molecule has 46 heavy (non-hydrogen) atoms. The number of β-amino-alcohol motifs (C(OH)–C–C–N with tert-alkyl or cyclic N) is 1. The van der Waals surface area contributed by atoms with Crippen LogP contribution in [0.5, 0.6) is 0 Å². The Morgan fingerprint density at radius 1 is 0.696 bits per heavy atom. The SMILES string of the molecule is C.C.CC1CCC(C(C)C)C(OCC2CO2)C1.CC1CCN(CC(O)COC2CC(C)CCC2C(C)C)CC1.CC1CCNCC1. The van der Waals surface area contributed by atoms with Crippen molar-refractivity contribution in [3.05, 3.63) is 0 Å². The number of piperidine rings is 2. The Bertz CT molecular complexity index is 733. The lowest BCUT2D eigenvalue weighted by Crippen LogP contribution is -2.41. The number of nitrogens with zero attached hydrogens (tertiary/aromatic N) is 1. The van der Waals surface area contributed by atoms with E-state index in [1.165, 1.54) is 70.9 Å². The van der Waals surface area contributed by atoms with Gasteiger partial charge in [-0.3, -0.25) is 0 Å². The fourth-order valence-corrected chi connectivity index (χ4v) is 7.80. The van der Waals surface area contributed by atoms with Crippen molar-refractivity contribution in [1.29, 1.82) is 0 Å². The number of hydrogen-bond acceptors (Lipinski definition) is 6. The van der Waals surface area contributed by atoms with E-state index in [2.05, 4.69) is 65.6 Å². The summed E-state index contributed by atoms with van der Waals surface area (Å²) in [5.41, 5.74) is 0. The summed E-state index contributed by atoms with van der Waals surface area (Å²) in [6.45, 7) is 26.3. The van der Waals surface area contributed by atoms with Crippen molar-refractivity contribution in [3.63, 3.8) is 0 Å². The van der Waals surface area contributed by atoms with Crippen molar-refractivity contribution in [2.45, 2.75) is 159 Å². The van der Waals surface area contributed by atoms with Crippen molar-refractivity contribution in [2.75, 3.05) is 52.5 Å². The molecule has 5 aliphatic rings. The maximum Gasteiger partial charge on any atom is 0.104 e. The smallest absolute Gasteiger partial charge is 0.104 e. The predicted octanol–water partition coefficient (Wildman–Crippen LogP) is 8.70. The van der Waals surface area contributed by atoms with Crippen LogP contribution in [0.15, 0.2) is 0 Å². The average molecular weight is 655 g/mol. The molecule has 0 spiro atoms. The van der Waals surface area contributed by atoms with Crippen molar-refractivity contribution in [2.24, 2.45) is 47.3 Å². The maximum atomic E-state index is 10.3. The highest BCUT2D eigenvalue weighted by atomic mass is 16.6. The van der Waals surface area contributed by atoms with Crippen LogP contribution in [0, 0.1) is 47.3 Å². The first kappa shape index (κ1) is 43.8. The molecule has 3 saturated heterocycles. The van der Waals surface area contributed by atoms with E-state index in [1.54, 1.807) is 0 Å². The Morgan fingerprint density at radius 3 is 1.61 bits per heavy atom. The van der Waals surface area contributed by atoms with Gasteiger partial charge < -0.3 is 29.5 Å². The molecule has 6 heteroatoms. The van der Waals surface area contributed by atoms with Crippen LogP contribution in [0.2, 0.25) is 0 Å². The molecule has 6 nitrogen and oxygen atoms in total. The summed E-state index contributed by atoms with van der Waals surface area (Å²) in [7, 11) is 0. The zero-order valence-electron chi connectivity index (χ0n) is 30.3. The summed E-state index contributed by atoms with van der Waals surface area (Å²) >= 11 is 0. The first-order valence-electron chi connectivity index (χ1n) is 19.0. The van der Waals surface area contributed by atoms with Gasteiger partial charge in [0.05, 0.1) is 38.1 Å². The third-order valence-corrected chi connectivity index (χ3v) is 11.3. The molecule has 8 atom stereocenters. The minimum absolute atomic E-state index is 0. The lowest BCUT2D eigenvalue weighted by atomic mass is 9.75. The quantitative estimate of drug-likeness (QED) is 0.230. The molecule has 8 unspecified atom stereocenters. The molecular formula is C40H82N2O4. The zero-order valence-corrected chi connectivity index (χ0v) is 30.3. The van der Waals surface area contributed by atoms with Gasteiger partial charge in [-0.25, -0.2) is 0 Å². The first-order valence-corrected chi connectivity index (χ1v) is 19.0. The normalized spacial score (nSPS) is 33.1. The standard InChI is InChI=1S/C19H37NO2.C13H24O2.C6H13N.2CH4/c1-14(2)18-6-5-16(4)11-19(18)22-13-17(21)12-20-9-7-15(3)8-10-20;1-9(2)12-5-4-10(3)6-13(12)15-8-11-7-14-11;1-6-2-4-7-5-3-6;;/h14-19,21H,5-13H2,1-4H3;9-13H,4-8H2,1-3H3;6-7H,2-5H2,1H3;2*1H4. The highest BCUT2D eigenvalue weighted by molar-refractivity contribution is 4.83. The second kappa shape index (κ2) is 23.2. The number of hydrogen-bond donors (Lipinski definition) is 2. The van der Waals surface area contributed by atoms with Gasteiger partial charge in [-0.1, -0.05) is 83.1 Å². The number of likely N-dealkylation sites (tertiary alicyclic amines) is 1. The van der Waals surface area contributed by atoms with E-state index in [4.69, 9.17) is 14.2 Å². The minimum atomic E-state index is -0.335. The van der Waals surface area contributed by atoms with Crippen LogP contribution in [0.4, 0.5) is 0 Å². The number of aliphatic hydroxyl groups is 1. The van der Waals surface area contributed by atoms with Crippen molar-refractivity contribution < 1.29 is 19.3 Å². The van der Waals surface area contributed by atoms with Gasteiger partial charge >= 0.3 is 0 Å². The van der Waals surface area contributed by atoms with E-state index < -0.39 is 0 Å². The van der Waals surface area contributed by atoms with Gasteiger partial charge in [-0.2, -0.15) is 0 Å². The Morgan fingerprint density at radius 2 is 1.17 bits per heavy atom. The number of epoxide rings is 1. The molecule has 0 bridgehead atoms. The van der Waals surface area contributed by atoms with Gasteiger partial charge in [-0.05, 0) is 125 Å². The second-order valence-electron chi connectivity index (χ2n) is 16.4. The maximum absolute atomic E-state index is 10.3. The van der Waals surface area contributed by atoms with Crippen molar-refractivity contribution >= 4 is 0 Å². The minimum Gasteiger partial charge on any atom is -0.389 e. The first-order chi connectivity index (χ1) is 21.0. The Hall–Kier alpha value is -0.240. The van der Waals surface area contributed by atoms with Gasteiger partial charge in [0.1, 0.15) is 6.10 Å². The number of ether oxygens (including phenoxy) is 3. The highest BCUT2D eigenvalue weighted by Gasteiger charge is 2.34. The lowest BCUT2D eigenvalue weighted by molar-refractivity contribution is -0.0749. The average Bonchev–Trinajstić information content (AvgIpc) is 3.82. The molecule has 3 aliphatic heterocycles. The van der Waals surface area contributed by atoms with Crippen LogP contribution in [-0.2, 0) is 14.2 Å². The molecule has 5 rings (SSSR count). The number of nitrogens with one attached hydrogen (secondary N) is 1. The van der Waals surface area contributed by atoms with Gasteiger partial charge in [-0.15, -0.1) is 0 Å². The lowest BCUT2D eigenvalue weighted by Gasteiger charge is -2.38. The van der Waals surface area contributed by atoms with E-state index in [9.17, 15) is 5.11 Å². The molecule has 5 fully saturated rings. The molecule has 2 N–H and O–H groups in total. The molecule has 276 valence electrons. The molecule has 0 aromatic rings. The van der Waals surface area contributed by atoms with Crippen LogP contribution in [0.3, 0.4) is 0 Å². The molecule has 0 radical (unpaired) electrons. The van der Waals surface area contributed by atoms with Crippen LogP contribution in [-0.4, -0.2) is 87.0 Å². The van der Waals surface area contributed by atoms with E-state index in [1.807, 2.05) is 0 Å². The van der Waals surface area contributed by atoms with Crippen molar-refractivity contribution in [3.8, 4) is 0 Å². The zero-order chi connectivity index (χ0) is 32.1. The fourth-order valence-electron chi connectivity index (χ4n) is 7.80. The third-order valence-electron chi connectivity index (χ3n) is 11.3. The van der Waals surface area contributed by atoms with Gasteiger partial charge in [0, 0.05) is 6.54 Å². The highest BCUT2D eigenvalue weighted by Crippen LogP contribution is 2.36. The molecule has 0 amide bonds.